The first-order chi connectivity index (χ1) is 11.1. The van der Waals surface area contributed by atoms with Crippen LogP contribution in [0.4, 0.5) is 0 Å². The van der Waals surface area contributed by atoms with Gasteiger partial charge in [0.1, 0.15) is 0 Å². The molecular formula is C17H18BrNO4. The van der Waals surface area contributed by atoms with Gasteiger partial charge >= 0.3 is 0 Å². The number of ether oxygens (including phenoxy) is 3. The van der Waals surface area contributed by atoms with Crippen molar-refractivity contribution in [3.8, 4) is 17.2 Å². The third kappa shape index (κ3) is 3.96. The zero-order valence-electron chi connectivity index (χ0n) is 13.2. The van der Waals surface area contributed by atoms with E-state index in [1.807, 2.05) is 30.3 Å². The molecule has 0 saturated carbocycles. The van der Waals surface area contributed by atoms with E-state index >= 15 is 0 Å². The fourth-order valence-corrected chi connectivity index (χ4v) is 2.63. The van der Waals surface area contributed by atoms with Crippen molar-refractivity contribution in [2.75, 3.05) is 21.3 Å². The average molecular weight is 380 g/mol. The Bertz CT molecular complexity index is 678. The second-order valence-electron chi connectivity index (χ2n) is 4.70. The standard InChI is InChI=1S/C17H18BrNO4/c1-21-14-8-11(9-15(22-2)16(14)23-3)10-19-17(20)12-6-4-5-7-13(12)18/h4-9H,10H2,1-3H3,(H,19,20). The molecule has 5 nitrogen and oxygen atoms in total. The third-order valence-electron chi connectivity index (χ3n) is 3.30. The highest BCUT2D eigenvalue weighted by atomic mass is 79.9. The highest BCUT2D eigenvalue weighted by Gasteiger charge is 2.14. The van der Waals surface area contributed by atoms with E-state index in [4.69, 9.17) is 14.2 Å². The van der Waals surface area contributed by atoms with Gasteiger partial charge in [-0.15, -0.1) is 0 Å². The van der Waals surface area contributed by atoms with Gasteiger partial charge in [-0.1, -0.05) is 12.1 Å². The fraction of sp³-hybridized carbons (Fsp3) is 0.235. The quantitative estimate of drug-likeness (QED) is 0.835. The van der Waals surface area contributed by atoms with E-state index in [-0.39, 0.29) is 5.91 Å². The summed E-state index contributed by atoms with van der Waals surface area (Å²) in [7, 11) is 4.66. The second kappa shape index (κ2) is 7.87. The van der Waals surface area contributed by atoms with Crippen LogP contribution in [0.1, 0.15) is 15.9 Å². The van der Waals surface area contributed by atoms with E-state index < -0.39 is 0 Å². The zero-order valence-corrected chi connectivity index (χ0v) is 14.8. The Morgan fingerprint density at radius 2 is 1.65 bits per heavy atom. The average Bonchev–Trinajstić information content (AvgIpc) is 2.58. The van der Waals surface area contributed by atoms with Gasteiger partial charge in [-0.25, -0.2) is 0 Å². The van der Waals surface area contributed by atoms with Crippen LogP contribution in [-0.2, 0) is 6.54 Å². The molecule has 0 aliphatic heterocycles. The van der Waals surface area contributed by atoms with Crippen molar-refractivity contribution in [3.63, 3.8) is 0 Å². The Morgan fingerprint density at radius 1 is 1.04 bits per heavy atom. The molecule has 0 radical (unpaired) electrons. The molecule has 0 unspecified atom stereocenters. The van der Waals surface area contributed by atoms with Crippen LogP contribution < -0.4 is 19.5 Å². The van der Waals surface area contributed by atoms with Crippen LogP contribution in [0.25, 0.3) is 0 Å². The number of rotatable bonds is 6. The molecule has 1 amide bonds. The summed E-state index contributed by atoms with van der Waals surface area (Å²) in [5, 5.41) is 2.88. The van der Waals surface area contributed by atoms with Crippen molar-refractivity contribution >= 4 is 21.8 Å². The number of carbonyl (C=O) groups is 1. The Labute approximate surface area is 143 Å². The van der Waals surface area contributed by atoms with Crippen LogP contribution in [0.15, 0.2) is 40.9 Å². The molecule has 0 aromatic heterocycles. The highest BCUT2D eigenvalue weighted by Crippen LogP contribution is 2.38. The lowest BCUT2D eigenvalue weighted by molar-refractivity contribution is 0.0950. The predicted octanol–water partition coefficient (Wildman–Crippen LogP) is 3.40. The lowest BCUT2D eigenvalue weighted by atomic mass is 10.1. The van der Waals surface area contributed by atoms with Crippen molar-refractivity contribution < 1.29 is 19.0 Å². The van der Waals surface area contributed by atoms with Gasteiger partial charge in [-0.3, -0.25) is 4.79 Å². The van der Waals surface area contributed by atoms with Gasteiger partial charge in [0.05, 0.1) is 26.9 Å². The van der Waals surface area contributed by atoms with E-state index in [0.29, 0.717) is 29.4 Å². The molecule has 0 heterocycles. The van der Waals surface area contributed by atoms with Gasteiger partial charge in [-0.05, 0) is 45.8 Å². The maximum atomic E-state index is 12.2. The number of halogens is 1. The normalized spacial score (nSPS) is 10.1. The molecule has 2 aromatic rings. The number of amides is 1. The minimum Gasteiger partial charge on any atom is -0.493 e. The first-order valence-corrected chi connectivity index (χ1v) is 7.71. The molecule has 2 aromatic carbocycles. The van der Waals surface area contributed by atoms with E-state index in [9.17, 15) is 4.79 Å². The summed E-state index contributed by atoms with van der Waals surface area (Å²) >= 11 is 3.37. The summed E-state index contributed by atoms with van der Waals surface area (Å²) in [6.07, 6.45) is 0. The Morgan fingerprint density at radius 3 is 2.17 bits per heavy atom. The summed E-state index contributed by atoms with van der Waals surface area (Å²) in [6.45, 7) is 0.344. The van der Waals surface area contributed by atoms with Crippen molar-refractivity contribution in [3.05, 3.63) is 52.0 Å². The Balaban J connectivity index is 2.17. The monoisotopic (exact) mass is 379 g/mol. The van der Waals surface area contributed by atoms with E-state index in [1.54, 1.807) is 27.4 Å². The van der Waals surface area contributed by atoms with Crippen LogP contribution in [0.3, 0.4) is 0 Å². The first kappa shape index (κ1) is 17.1. The van der Waals surface area contributed by atoms with Crippen LogP contribution >= 0.6 is 15.9 Å². The van der Waals surface area contributed by atoms with Crippen molar-refractivity contribution in [2.24, 2.45) is 0 Å². The first-order valence-electron chi connectivity index (χ1n) is 6.92. The molecule has 0 bridgehead atoms. The molecule has 0 saturated heterocycles. The van der Waals surface area contributed by atoms with E-state index in [1.165, 1.54) is 0 Å². The fourth-order valence-electron chi connectivity index (χ4n) is 2.16. The van der Waals surface area contributed by atoms with Crippen LogP contribution in [-0.4, -0.2) is 27.2 Å². The van der Waals surface area contributed by atoms with Crippen molar-refractivity contribution in [2.45, 2.75) is 6.54 Å². The smallest absolute Gasteiger partial charge is 0.252 e. The van der Waals surface area contributed by atoms with Gasteiger partial charge in [0.2, 0.25) is 5.75 Å². The second-order valence-corrected chi connectivity index (χ2v) is 5.55. The summed E-state index contributed by atoms with van der Waals surface area (Å²) in [4.78, 5) is 12.2. The topological polar surface area (TPSA) is 56.8 Å². The highest BCUT2D eigenvalue weighted by molar-refractivity contribution is 9.10. The third-order valence-corrected chi connectivity index (χ3v) is 3.99. The van der Waals surface area contributed by atoms with Crippen LogP contribution in [0.2, 0.25) is 0 Å². The zero-order chi connectivity index (χ0) is 16.8. The summed E-state index contributed by atoms with van der Waals surface area (Å²) in [5.41, 5.74) is 1.43. The number of benzene rings is 2. The van der Waals surface area contributed by atoms with E-state index in [2.05, 4.69) is 21.2 Å². The van der Waals surface area contributed by atoms with Crippen LogP contribution in [0.5, 0.6) is 17.2 Å². The lowest BCUT2D eigenvalue weighted by Crippen LogP contribution is -2.23. The molecule has 23 heavy (non-hydrogen) atoms. The van der Waals surface area contributed by atoms with Gasteiger partial charge in [0.25, 0.3) is 5.91 Å². The summed E-state index contributed by atoms with van der Waals surface area (Å²) in [6, 6.07) is 10.9. The molecule has 0 spiro atoms. The number of nitrogens with one attached hydrogen (secondary N) is 1. The van der Waals surface area contributed by atoms with Crippen LogP contribution in [0, 0.1) is 0 Å². The molecule has 0 aliphatic rings. The predicted molar refractivity (Wildman–Crippen MR) is 91.4 cm³/mol. The maximum Gasteiger partial charge on any atom is 0.252 e. The Kier molecular flexibility index (Phi) is 5.87. The van der Waals surface area contributed by atoms with Gasteiger partial charge in [0, 0.05) is 11.0 Å². The van der Waals surface area contributed by atoms with Crippen molar-refractivity contribution in [1.29, 1.82) is 0 Å². The number of hydrogen-bond donors (Lipinski definition) is 1. The SMILES string of the molecule is COc1cc(CNC(=O)c2ccccc2Br)cc(OC)c1OC. The summed E-state index contributed by atoms with van der Waals surface area (Å²) in [5.74, 6) is 1.47. The van der Waals surface area contributed by atoms with Gasteiger partial charge in [0.15, 0.2) is 11.5 Å². The molecule has 2 rings (SSSR count). The maximum absolute atomic E-state index is 12.2. The molecule has 0 fully saturated rings. The van der Waals surface area contributed by atoms with Crippen molar-refractivity contribution in [1.82, 2.24) is 5.32 Å². The largest absolute Gasteiger partial charge is 0.493 e. The molecule has 0 atom stereocenters. The molecular weight excluding hydrogens is 362 g/mol. The van der Waals surface area contributed by atoms with Gasteiger partial charge in [-0.2, -0.15) is 0 Å². The Hall–Kier alpha value is -2.21. The number of carbonyl (C=O) groups excluding carboxylic acids is 1. The number of hydrogen-bond acceptors (Lipinski definition) is 4. The van der Waals surface area contributed by atoms with E-state index in [0.717, 1.165) is 10.0 Å². The summed E-state index contributed by atoms with van der Waals surface area (Å²) < 4.78 is 16.6. The minimum absolute atomic E-state index is 0.161. The van der Waals surface area contributed by atoms with Gasteiger partial charge < -0.3 is 19.5 Å². The molecule has 0 aliphatic carbocycles. The molecule has 122 valence electrons. The molecule has 1 N–H and O–H groups in total. The molecule has 6 heteroatoms. The number of methoxy groups -OCH3 is 3. The minimum atomic E-state index is -0.161. The lowest BCUT2D eigenvalue weighted by Gasteiger charge is -2.14.